The Morgan fingerprint density at radius 3 is 3.19 bits per heavy atom. The van der Waals surface area contributed by atoms with E-state index in [9.17, 15) is 4.79 Å². The van der Waals surface area contributed by atoms with Crippen LogP contribution in [0.2, 0.25) is 0 Å². The van der Waals surface area contributed by atoms with E-state index in [2.05, 4.69) is 12.1 Å². The summed E-state index contributed by atoms with van der Waals surface area (Å²) in [7, 11) is 0. The molecule has 6 heteroatoms. The summed E-state index contributed by atoms with van der Waals surface area (Å²) < 4.78 is 5.29. The molecule has 0 spiro atoms. The summed E-state index contributed by atoms with van der Waals surface area (Å²) in [4.78, 5) is 15.4. The highest BCUT2D eigenvalue weighted by Crippen LogP contribution is 2.27. The van der Waals surface area contributed by atoms with Crippen LogP contribution in [0.15, 0.2) is 28.1 Å². The molecular formula is C15H19N3O2S. The normalized spacial score (nSPS) is 22.5. The largest absolute Gasteiger partial charge is 0.355 e. The minimum absolute atomic E-state index is 0.0797. The van der Waals surface area contributed by atoms with Crippen molar-refractivity contribution >= 4 is 17.2 Å². The van der Waals surface area contributed by atoms with Crippen molar-refractivity contribution in [3.05, 3.63) is 29.3 Å². The predicted molar refractivity (Wildman–Crippen MR) is 82.1 cm³/mol. The second kappa shape index (κ2) is 5.99. The molecule has 0 bridgehead atoms. The molecule has 0 radical (unpaired) electrons. The van der Waals surface area contributed by atoms with Crippen LogP contribution in [0, 0.1) is 5.92 Å². The van der Waals surface area contributed by atoms with Gasteiger partial charge in [-0.25, -0.2) is 0 Å². The van der Waals surface area contributed by atoms with Gasteiger partial charge in [0.05, 0.1) is 4.88 Å². The Morgan fingerprint density at radius 1 is 1.62 bits per heavy atom. The van der Waals surface area contributed by atoms with E-state index in [0.29, 0.717) is 23.9 Å². The minimum atomic E-state index is -0.0797. The maximum atomic E-state index is 12.6. The number of hydrogen-bond acceptors (Lipinski definition) is 5. The number of thiophene rings is 1. The molecule has 3 heterocycles. The molecular weight excluding hydrogens is 286 g/mol. The van der Waals surface area contributed by atoms with Gasteiger partial charge in [0.2, 0.25) is 0 Å². The van der Waals surface area contributed by atoms with Crippen LogP contribution in [-0.2, 0) is 0 Å². The Balaban J connectivity index is 1.78. The van der Waals surface area contributed by atoms with Crippen LogP contribution in [0.5, 0.6) is 0 Å². The molecule has 0 saturated carbocycles. The van der Waals surface area contributed by atoms with Gasteiger partial charge in [0.1, 0.15) is 0 Å². The molecule has 2 atom stereocenters. The number of rotatable bonds is 3. The van der Waals surface area contributed by atoms with Crippen molar-refractivity contribution in [2.45, 2.75) is 25.8 Å². The van der Waals surface area contributed by atoms with E-state index in [1.54, 1.807) is 17.4 Å². The van der Waals surface area contributed by atoms with Gasteiger partial charge in [-0.1, -0.05) is 18.1 Å². The maximum Gasteiger partial charge on any atom is 0.276 e. The average Bonchev–Trinajstić information content (AvgIpc) is 3.17. The smallest absolute Gasteiger partial charge is 0.276 e. The van der Waals surface area contributed by atoms with Crippen LogP contribution in [0.4, 0.5) is 0 Å². The van der Waals surface area contributed by atoms with E-state index in [4.69, 9.17) is 10.3 Å². The second-order valence-corrected chi connectivity index (χ2v) is 6.52. The molecule has 0 aromatic carbocycles. The number of carbonyl (C=O) groups is 1. The zero-order valence-electron chi connectivity index (χ0n) is 12.0. The number of aromatic nitrogens is 1. The number of amides is 1. The van der Waals surface area contributed by atoms with Crippen LogP contribution in [0.3, 0.4) is 0 Å². The highest BCUT2D eigenvalue weighted by molar-refractivity contribution is 7.13. The topological polar surface area (TPSA) is 72.4 Å². The summed E-state index contributed by atoms with van der Waals surface area (Å²) in [5.74, 6) is 1.17. The van der Waals surface area contributed by atoms with Crippen LogP contribution >= 0.6 is 11.3 Å². The first-order chi connectivity index (χ1) is 10.2. The zero-order valence-corrected chi connectivity index (χ0v) is 12.8. The Kier molecular flexibility index (Phi) is 4.07. The van der Waals surface area contributed by atoms with E-state index in [1.807, 2.05) is 22.4 Å². The fourth-order valence-electron chi connectivity index (χ4n) is 2.80. The SMILES string of the molecule is CC1CCN(C(=O)c2cc(-c3cccs3)on2)C(CN)C1. The first kappa shape index (κ1) is 14.3. The molecule has 3 rings (SSSR count). The number of nitrogens with zero attached hydrogens (tertiary/aromatic N) is 2. The molecule has 1 saturated heterocycles. The van der Waals surface area contributed by atoms with Crippen molar-refractivity contribution in [2.24, 2.45) is 11.7 Å². The van der Waals surface area contributed by atoms with Gasteiger partial charge in [0.15, 0.2) is 11.5 Å². The molecule has 21 heavy (non-hydrogen) atoms. The van der Waals surface area contributed by atoms with E-state index < -0.39 is 0 Å². The zero-order chi connectivity index (χ0) is 14.8. The van der Waals surface area contributed by atoms with Crippen molar-refractivity contribution in [1.29, 1.82) is 0 Å². The molecule has 1 fully saturated rings. The molecule has 1 aliphatic rings. The lowest BCUT2D eigenvalue weighted by atomic mass is 9.92. The van der Waals surface area contributed by atoms with E-state index in [-0.39, 0.29) is 11.9 Å². The lowest BCUT2D eigenvalue weighted by molar-refractivity contribution is 0.0563. The Bertz CT molecular complexity index is 608. The highest BCUT2D eigenvalue weighted by atomic mass is 32.1. The first-order valence-electron chi connectivity index (χ1n) is 7.20. The summed E-state index contributed by atoms with van der Waals surface area (Å²) >= 11 is 1.56. The average molecular weight is 305 g/mol. The molecule has 5 nitrogen and oxygen atoms in total. The van der Waals surface area contributed by atoms with Crippen molar-refractivity contribution in [1.82, 2.24) is 10.1 Å². The third-order valence-corrected chi connectivity index (χ3v) is 4.89. The van der Waals surface area contributed by atoms with Crippen molar-refractivity contribution in [3.63, 3.8) is 0 Å². The summed E-state index contributed by atoms with van der Waals surface area (Å²) in [6, 6.07) is 5.72. The molecule has 2 aromatic heterocycles. The number of likely N-dealkylation sites (tertiary alicyclic amines) is 1. The molecule has 112 valence electrons. The third-order valence-electron chi connectivity index (χ3n) is 4.00. The second-order valence-electron chi connectivity index (χ2n) is 5.57. The molecule has 1 amide bonds. The quantitative estimate of drug-likeness (QED) is 0.946. The van der Waals surface area contributed by atoms with Gasteiger partial charge in [0, 0.05) is 25.2 Å². The Labute approximate surface area is 127 Å². The van der Waals surface area contributed by atoms with Crippen LogP contribution < -0.4 is 5.73 Å². The Hall–Kier alpha value is -1.66. The maximum absolute atomic E-state index is 12.6. The summed E-state index contributed by atoms with van der Waals surface area (Å²) in [5, 5.41) is 5.90. The van der Waals surface area contributed by atoms with E-state index >= 15 is 0 Å². The monoisotopic (exact) mass is 305 g/mol. The first-order valence-corrected chi connectivity index (χ1v) is 8.08. The number of piperidine rings is 1. The summed E-state index contributed by atoms with van der Waals surface area (Å²) in [6.07, 6.45) is 1.97. The fraction of sp³-hybridized carbons (Fsp3) is 0.467. The molecule has 1 aliphatic heterocycles. The van der Waals surface area contributed by atoms with Crippen LogP contribution in [0.1, 0.15) is 30.3 Å². The molecule has 0 aliphatic carbocycles. The van der Waals surface area contributed by atoms with Gasteiger partial charge in [0.25, 0.3) is 5.91 Å². The van der Waals surface area contributed by atoms with E-state index in [0.717, 1.165) is 24.3 Å². The van der Waals surface area contributed by atoms with Gasteiger partial charge in [-0.05, 0) is 30.2 Å². The van der Waals surface area contributed by atoms with Gasteiger partial charge in [-0.3, -0.25) is 4.79 Å². The van der Waals surface area contributed by atoms with Crippen LogP contribution in [-0.4, -0.2) is 35.1 Å². The number of nitrogens with two attached hydrogens (primary N) is 1. The minimum Gasteiger partial charge on any atom is -0.355 e. The third kappa shape index (κ3) is 2.87. The van der Waals surface area contributed by atoms with Crippen molar-refractivity contribution in [3.8, 4) is 10.6 Å². The number of carbonyl (C=O) groups excluding carboxylic acids is 1. The molecule has 2 N–H and O–H groups in total. The highest BCUT2D eigenvalue weighted by Gasteiger charge is 2.31. The summed E-state index contributed by atoms with van der Waals surface area (Å²) in [5.41, 5.74) is 6.19. The fourth-order valence-corrected chi connectivity index (χ4v) is 3.47. The van der Waals surface area contributed by atoms with Gasteiger partial charge >= 0.3 is 0 Å². The number of hydrogen-bond donors (Lipinski definition) is 1. The molecule has 2 unspecified atom stereocenters. The summed E-state index contributed by atoms with van der Waals surface area (Å²) in [6.45, 7) is 3.43. The van der Waals surface area contributed by atoms with Gasteiger partial charge in [-0.15, -0.1) is 11.3 Å². The standard InChI is InChI=1S/C15H19N3O2S/c1-10-4-5-18(11(7-10)9-16)15(19)12-8-13(20-17-12)14-3-2-6-21-14/h2-3,6,8,10-11H,4-5,7,9,16H2,1H3. The lowest BCUT2D eigenvalue weighted by Crippen LogP contribution is -2.49. The predicted octanol–water partition coefficient (Wildman–Crippen LogP) is 2.60. The van der Waals surface area contributed by atoms with Crippen LogP contribution in [0.25, 0.3) is 10.6 Å². The molecule has 2 aromatic rings. The van der Waals surface area contributed by atoms with Crippen molar-refractivity contribution in [2.75, 3.05) is 13.1 Å². The van der Waals surface area contributed by atoms with E-state index in [1.165, 1.54) is 0 Å². The van der Waals surface area contributed by atoms with Crippen molar-refractivity contribution < 1.29 is 9.32 Å². The Morgan fingerprint density at radius 2 is 2.48 bits per heavy atom. The van der Waals surface area contributed by atoms with Gasteiger partial charge in [-0.2, -0.15) is 0 Å². The lowest BCUT2D eigenvalue weighted by Gasteiger charge is -2.37. The van der Waals surface area contributed by atoms with Gasteiger partial charge < -0.3 is 15.2 Å².